The van der Waals surface area contributed by atoms with Crippen molar-refractivity contribution in [2.75, 3.05) is 0 Å². The van der Waals surface area contributed by atoms with E-state index in [2.05, 4.69) is 9.72 Å². The molecule has 0 spiro atoms. The van der Waals surface area contributed by atoms with E-state index < -0.39 is 23.5 Å². The van der Waals surface area contributed by atoms with Gasteiger partial charge >= 0.3 is 6.36 Å². The van der Waals surface area contributed by atoms with Crippen LogP contribution in [-0.4, -0.2) is 11.3 Å². The second kappa shape index (κ2) is 5.49. The molecule has 0 unspecified atom stereocenters. The number of halogens is 4. The Morgan fingerprint density at radius 2 is 2.00 bits per heavy atom. The minimum Gasteiger partial charge on any atom is -0.403 e. The molecule has 1 aliphatic carbocycles. The number of nitrogens with two attached hydrogens (primary N) is 1. The van der Waals surface area contributed by atoms with Gasteiger partial charge in [-0.05, 0) is 48.6 Å². The second-order valence-electron chi connectivity index (χ2n) is 5.53. The van der Waals surface area contributed by atoms with Crippen LogP contribution in [0.3, 0.4) is 0 Å². The van der Waals surface area contributed by atoms with Gasteiger partial charge in [-0.2, -0.15) is 0 Å². The standard InChI is InChI=1S/C16H14F4N2O/c17-12-9-11(5-6-13(12)23-16(18,19)20)15(21)7-1-3-10-4-2-8-22-14(10)15/h2,4-6,8-9H,1,3,7,21H2/t15-/m0/s1. The molecule has 122 valence electrons. The predicted octanol–water partition coefficient (Wildman–Crippen LogP) is 3.66. The topological polar surface area (TPSA) is 48.1 Å². The predicted molar refractivity (Wildman–Crippen MR) is 75.2 cm³/mol. The maximum Gasteiger partial charge on any atom is 0.573 e. The number of aromatic nitrogens is 1. The molecular formula is C16H14F4N2O. The van der Waals surface area contributed by atoms with Crippen LogP contribution in [0.2, 0.25) is 0 Å². The number of hydrogen-bond acceptors (Lipinski definition) is 3. The van der Waals surface area contributed by atoms with E-state index >= 15 is 0 Å². The average molecular weight is 326 g/mol. The summed E-state index contributed by atoms with van der Waals surface area (Å²) in [7, 11) is 0. The fourth-order valence-electron chi connectivity index (χ4n) is 2.98. The number of rotatable bonds is 2. The molecule has 23 heavy (non-hydrogen) atoms. The summed E-state index contributed by atoms with van der Waals surface area (Å²) in [6.45, 7) is 0. The molecule has 3 nitrogen and oxygen atoms in total. The van der Waals surface area contributed by atoms with Crippen LogP contribution in [0.1, 0.15) is 29.7 Å². The molecule has 1 aromatic heterocycles. The van der Waals surface area contributed by atoms with Gasteiger partial charge < -0.3 is 10.5 Å². The highest BCUT2D eigenvalue weighted by molar-refractivity contribution is 5.42. The Kier molecular flexibility index (Phi) is 3.75. The lowest BCUT2D eigenvalue weighted by molar-refractivity contribution is -0.275. The van der Waals surface area contributed by atoms with Crippen molar-refractivity contribution >= 4 is 0 Å². The first kappa shape index (κ1) is 15.7. The molecule has 0 aliphatic heterocycles. The van der Waals surface area contributed by atoms with Crippen LogP contribution in [0, 0.1) is 5.82 Å². The Morgan fingerprint density at radius 3 is 2.70 bits per heavy atom. The van der Waals surface area contributed by atoms with Crippen LogP contribution < -0.4 is 10.5 Å². The van der Waals surface area contributed by atoms with E-state index in [1.165, 1.54) is 6.07 Å². The summed E-state index contributed by atoms with van der Waals surface area (Å²) in [6, 6.07) is 6.99. The van der Waals surface area contributed by atoms with Crippen LogP contribution in [0.15, 0.2) is 36.5 Å². The first-order valence-corrected chi connectivity index (χ1v) is 7.09. The van der Waals surface area contributed by atoms with Crippen molar-refractivity contribution in [3.63, 3.8) is 0 Å². The number of benzene rings is 1. The van der Waals surface area contributed by atoms with Gasteiger partial charge in [-0.1, -0.05) is 12.1 Å². The number of nitrogens with zero attached hydrogens (tertiary/aromatic N) is 1. The maximum absolute atomic E-state index is 14.0. The molecule has 0 radical (unpaired) electrons. The minimum absolute atomic E-state index is 0.379. The highest BCUT2D eigenvalue weighted by Crippen LogP contribution is 2.38. The third-order valence-electron chi connectivity index (χ3n) is 4.00. The van der Waals surface area contributed by atoms with Gasteiger partial charge in [0.15, 0.2) is 11.6 Å². The van der Waals surface area contributed by atoms with Crippen molar-refractivity contribution in [1.29, 1.82) is 0 Å². The summed E-state index contributed by atoms with van der Waals surface area (Å²) in [6.07, 6.45) is -1.20. The van der Waals surface area contributed by atoms with Gasteiger partial charge in [0.2, 0.25) is 0 Å². The number of aryl methyl sites for hydroxylation is 1. The normalized spacial score (nSPS) is 20.9. The molecule has 7 heteroatoms. The fourth-order valence-corrected chi connectivity index (χ4v) is 2.98. The zero-order chi connectivity index (χ0) is 16.7. The van der Waals surface area contributed by atoms with Crippen molar-refractivity contribution < 1.29 is 22.3 Å². The summed E-state index contributed by atoms with van der Waals surface area (Å²) in [5.74, 6) is -1.98. The molecule has 0 fully saturated rings. The van der Waals surface area contributed by atoms with Crippen molar-refractivity contribution in [2.45, 2.75) is 31.2 Å². The Morgan fingerprint density at radius 1 is 1.22 bits per heavy atom. The summed E-state index contributed by atoms with van der Waals surface area (Å²) in [5, 5.41) is 0. The number of fused-ring (bicyclic) bond motifs is 1. The molecule has 2 N–H and O–H groups in total. The van der Waals surface area contributed by atoms with Crippen molar-refractivity contribution in [3.8, 4) is 5.75 Å². The monoisotopic (exact) mass is 326 g/mol. The molecule has 3 rings (SSSR count). The SMILES string of the molecule is N[C@]1(c2ccc(OC(F)(F)F)c(F)c2)CCCc2cccnc21. The first-order chi connectivity index (χ1) is 10.8. The second-order valence-corrected chi connectivity index (χ2v) is 5.53. The maximum atomic E-state index is 14.0. The zero-order valence-electron chi connectivity index (χ0n) is 12.0. The summed E-state index contributed by atoms with van der Waals surface area (Å²) < 4.78 is 54.3. The lowest BCUT2D eigenvalue weighted by atomic mass is 9.76. The van der Waals surface area contributed by atoms with E-state index in [0.29, 0.717) is 17.7 Å². The van der Waals surface area contributed by atoms with Gasteiger partial charge in [0.25, 0.3) is 0 Å². The van der Waals surface area contributed by atoms with Gasteiger partial charge in [0.1, 0.15) is 0 Å². The molecule has 0 saturated carbocycles. The van der Waals surface area contributed by atoms with Crippen molar-refractivity contribution in [1.82, 2.24) is 4.98 Å². The van der Waals surface area contributed by atoms with Gasteiger partial charge in [-0.25, -0.2) is 4.39 Å². The molecule has 1 aliphatic rings. The molecule has 1 aromatic carbocycles. The Bertz CT molecular complexity index is 732. The Labute approximate surface area is 130 Å². The molecule has 0 amide bonds. The van der Waals surface area contributed by atoms with Crippen LogP contribution in [0.25, 0.3) is 0 Å². The minimum atomic E-state index is -4.94. The quantitative estimate of drug-likeness (QED) is 0.857. The van der Waals surface area contributed by atoms with E-state index in [9.17, 15) is 17.6 Å². The van der Waals surface area contributed by atoms with Crippen molar-refractivity contribution in [2.24, 2.45) is 5.73 Å². The van der Waals surface area contributed by atoms with E-state index in [4.69, 9.17) is 5.73 Å². The summed E-state index contributed by atoms with van der Waals surface area (Å²) in [5.41, 5.74) is 7.41. The molecule has 0 saturated heterocycles. The third kappa shape index (κ3) is 3.01. The number of hydrogen-bond donors (Lipinski definition) is 1. The Hall–Kier alpha value is -2.15. The van der Waals surface area contributed by atoms with Gasteiger partial charge in [-0.15, -0.1) is 13.2 Å². The third-order valence-corrected chi connectivity index (χ3v) is 4.00. The lowest BCUT2D eigenvalue weighted by Gasteiger charge is -2.35. The molecule has 1 heterocycles. The van der Waals surface area contributed by atoms with Crippen LogP contribution >= 0.6 is 0 Å². The number of ether oxygens (including phenoxy) is 1. The Balaban J connectivity index is 2.01. The van der Waals surface area contributed by atoms with E-state index in [1.807, 2.05) is 6.07 Å². The van der Waals surface area contributed by atoms with Gasteiger partial charge in [0.05, 0.1) is 11.2 Å². The summed E-state index contributed by atoms with van der Waals surface area (Å²) in [4.78, 5) is 4.30. The first-order valence-electron chi connectivity index (χ1n) is 7.09. The average Bonchev–Trinajstić information content (AvgIpc) is 2.48. The van der Waals surface area contributed by atoms with E-state index in [0.717, 1.165) is 30.5 Å². The van der Waals surface area contributed by atoms with Crippen LogP contribution in [0.5, 0.6) is 5.75 Å². The van der Waals surface area contributed by atoms with E-state index in [-0.39, 0.29) is 0 Å². The van der Waals surface area contributed by atoms with Gasteiger partial charge in [0, 0.05) is 6.20 Å². The van der Waals surface area contributed by atoms with E-state index in [1.54, 1.807) is 12.3 Å². The highest BCUT2D eigenvalue weighted by Gasteiger charge is 2.37. The van der Waals surface area contributed by atoms with Gasteiger partial charge in [-0.3, -0.25) is 4.98 Å². The van der Waals surface area contributed by atoms with Crippen LogP contribution in [-0.2, 0) is 12.0 Å². The fraction of sp³-hybridized carbons (Fsp3) is 0.312. The molecule has 2 aromatic rings. The zero-order valence-corrected chi connectivity index (χ0v) is 12.0. The highest BCUT2D eigenvalue weighted by atomic mass is 19.4. The van der Waals surface area contributed by atoms with Crippen molar-refractivity contribution in [3.05, 3.63) is 59.2 Å². The lowest BCUT2D eigenvalue weighted by Crippen LogP contribution is -2.42. The summed E-state index contributed by atoms with van der Waals surface area (Å²) >= 11 is 0. The molecular weight excluding hydrogens is 312 g/mol. The number of alkyl halides is 3. The molecule has 0 bridgehead atoms. The largest absolute Gasteiger partial charge is 0.573 e. The molecule has 1 atom stereocenters. The van der Waals surface area contributed by atoms with Crippen LogP contribution in [0.4, 0.5) is 17.6 Å². The smallest absolute Gasteiger partial charge is 0.403 e. The number of pyridine rings is 1.